The fraction of sp³-hybridized carbons (Fsp3) is 0.200. The van der Waals surface area contributed by atoms with E-state index in [1.54, 1.807) is 12.1 Å². The maximum atomic E-state index is 12.5. The van der Waals surface area contributed by atoms with Gasteiger partial charge in [0.1, 0.15) is 0 Å². The van der Waals surface area contributed by atoms with Gasteiger partial charge in [-0.1, -0.05) is 23.2 Å². The Morgan fingerprint density at radius 1 is 1.09 bits per heavy atom. The standard InChI is InChI=1S/C15H17Cl2N3O2S/c1-9-6-10(4-5-14(9)20(2)3)19-23(21,22)11-7-12(16)15(18)13(17)8-11/h4-8,19H,18H2,1-3H3. The third-order valence-corrected chi connectivity index (χ3v) is 5.28. The van der Waals surface area contributed by atoms with Crippen molar-refractivity contribution >= 4 is 50.3 Å². The molecule has 0 saturated heterocycles. The van der Waals surface area contributed by atoms with Crippen LogP contribution in [-0.4, -0.2) is 22.5 Å². The van der Waals surface area contributed by atoms with E-state index in [0.717, 1.165) is 11.3 Å². The molecule has 0 amide bonds. The minimum Gasteiger partial charge on any atom is -0.396 e. The highest BCUT2D eigenvalue weighted by Gasteiger charge is 2.18. The molecule has 5 nitrogen and oxygen atoms in total. The van der Waals surface area contributed by atoms with Crippen molar-refractivity contribution in [2.24, 2.45) is 0 Å². The molecule has 0 bridgehead atoms. The molecule has 0 aromatic heterocycles. The first-order valence-corrected chi connectivity index (χ1v) is 8.91. The third-order valence-electron chi connectivity index (χ3n) is 3.29. The zero-order valence-electron chi connectivity index (χ0n) is 12.9. The summed E-state index contributed by atoms with van der Waals surface area (Å²) in [5.41, 5.74) is 8.19. The van der Waals surface area contributed by atoms with Crippen molar-refractivity contribution in [3.05, 3.63) is 45.9 Å². The maximum Gasteiger partial charge on any atom is 0.261 e. The molecule has 124 valence electrons. The molecular formula is C15H17Cl2N3O2S. The number of nitrogen functional groups attached to an aromatic ring is 1. The Morgan fingerprint density at radius 3 is 2.13 bits per heavy atom. The van der Waals surface area contributed by atoms with E-state index < -0.39 is 10.0 Å². The lowest BCUT2D eigenvalue weighted by molar-refractivity contribution is 0.601. The van der Waals surface area contributed by atoms with Crippen LogP contribution in [0.15, 0.2) is 35.2 Å². The number of aryl methyl sites for hydroxylation is 1. The number of nitrogens with zero attached hydrogens (tertiary/aromatic N) is 1. The van der Waals surface area contributed by atoms with Gasteiger partial charge in [-0.25, -0.2) is 8.42 Å². The summed E-state index contributed by atoms with van der Waals surface area (Å²) in [6.07, 6.45) is 0. The molecule has 23 heavy (non-hydrogen) atoms. The van der Waals surface area contributed by atoms with Gasteiger partial charge in [0.25, 0.3) is 10.0 Å². The summed E-state index contributed by atoms with van der Waals surface area (Å²) in [6, 6.07) is 7.84. The molecule has 2 aromatic carbocycles. The molecular weight excluding hydrogens is 357 g/mol. The molecule has 0 saturated carbocycles. The van der Waals surface area contributed by atoms with Gasteiger partial charge < -0.3 is 10.6 Å². The van der Waals surface area contributed by atoms with E-state index in [9.17, 15) is 8.42 Å². The SMILES string of the molecule is Cc1cc(NS(=O)(=O)c2cc(Cl)c(N)c(Cl)c2)ccc1N(C)C. The normalized spacial score (nSPS) is 11.3. The van der Waals surface area contributed by atoms with Crippen LogP contribution in [0.1, 0.15) is 5.56 Å². The Bertz CT molecular complexity index is 829. The van der Waals surface area contributed by atoms with Crippen molar-refractivity contribution in [2.45, 2.75) is 11.8 Å². The molecule has 3 N–H and O–H groups in total. The number of halogens is 2. The largest absolute Gasteiger partial charge is 0.396 e. The third kappa shape index (κ3) is 3.83. The van der Waals surface area contributed by atoms with Gasteiger partial charge >= 0.3 is 0 Å². The summed E-state index contributed by atoms with van der Waals surface area (Å²) >= 11 is 11.8. The van der Waals surface area contributed by atoms with E-state index >= 15 is 0 Å². The lowest BCUT2D eigenvalue weighted by Crippen LogP contribution is -2.14. The number of hydrogen-bond acceptors (Lipinski definition) is 4. The van der Waals surface area contributed by atoms with Crippen LogP contribution in [0, 0.1) is 6.92 Å². The molecule has 8 heteroatoms. The Balaban J connectivity index is 2.37. The van der Waals surface area contributed by atoms with Gasteiger partial charge in [-0.2, -0.15) is 0 Å². The van der Waals surface area contributed by atoms with Gasteiger partial charge in [-0.05, 0) is 42.8 Å². The zero-order chi connectivity index (χ0) is 17.4. The number of nitrogens with one attached hydrogen (secondary N) is 1. The molecule has 0 radical (unpaired) electrons. The number of rotatable bonds is 4. The average Bonchev–Trinajstić information content (AvgIpc) is 2.43. The molecule has 2 rings (SSSR count). The lowest BCUT2D eigenvalue weighted by atomic mass is 10.2. The van der Waals surface area contributed by atoms with E-state index in [4.69, 9.17) is 28.9 Å². The number of nitrogens with two attached hydrogens (primary N) is 1. The Kier molecular flexibility index (Phi) is 4.98. The van der Waals surface area contributed by atoms with E-state index in [1.807, 2.05) is 32.0 Å². The number of sulfonamides is 1. The fourth-order valence-electron chi connectivity index (χ4n) is 2.15. The maximum absolute atomic E-state index is 12.5. The van der Waals surface area contributed by atoms with Crippen LogP contribution >= 0.6 is 23.2 Å². The summed E-state index contributed by atoms with van der Waals surface area (Å²) in [5.74, 6) is 0. The Morgan fingerprint density at radius 2 is 1.65 bits per heavy atom. The van der Waals surface area contributed by atoms with Gasteiger partial charge in [0.15, 0.2) is 0 Å². The Hall–Kier alpha value is -1.63. The second kappa shape index (κ2) is 6.47. The van der Waals surface area contributed by atoms with Crippen molar-refractivity contribution in [3.63, 3.8) is 0 Å². The second-order valence-electron chi connectivity index (χ2n) is 5.30. The first kappa shape index (κ1) is 17.7. The van der Waals surface area contributed by atoms with E-state index in [0.29, 0.717) is 5.69 Å². The molecule has 0 fully saturated rings. The number of hydrogen-bond donors (Lipinski definition) is 2. The first-order chi connectivity index (χ1) is 10.6. The average molecular weight is 374 g/mol. The van der Waals surface area contributed by atoms with E-state index in [-0.39, 0.29) is 20.6 Å². The summed E-state index contributed by atoms with van der Waals surface area (Å²) in [7, 11) is 0.0294. The molecule has 0 unspecified atom stereocenters. The lowest BCUT2D eigenvalue weighted by Gasteiger charge is -2.17. The van der Waals surface area contributed by atoms with Gasteiger partial charge in [0, 0.05) is 25.5 Å². The smallest absolute Gasteiger partial charge is 0.261 e. The highest BCUT2D eigenvalue weighted by Crippen LogP contribution is 2.31. The monoisotopic (exact) mass is 373 g/mol. The molecule has 0 aliphatic carbocycles. The van der Waals surface area contributed by atoms with Crippen LogP contribution in [0.25, 0.3) is 0 Å². The summed E-state index contributed by atoms with van der Waals surface area (Å²) in [4.78, 5) is 1.91. The highest BCUT2D eigenvalue weighted by molar-refractivity contribution is 7.92. The van der Waals surface area contributed by atoms with Crippen LogP contribution in [0.5, 0.6) is 0 Å². The molecule has 0 aliphatic rings. The molecule has 0 atom stereocenters. The zero-order valence-corrected chi connectivity index (χ0v) is 15.2. The fourth-order valence-corrected chi connectivity index (χ4v) is 3.87. The van der Waals surface area contributed by atoms with Crippen molar-refractivity contribution in [3.8, 4) is 0 Å². The van der Waals surface area contributed by atoms with Crippen LogP contribution in [-0.2, 0) is 10.0 Å². The van der Waals surface area contributed by atoms with Gasteiger partial charge in [-0.3, -0.25) is 4.72 Å². The minimum atomic E-state index is -3.81. The quantitative estimate of drug-likeness (QED) is 0.800. The number of anilines is 3. The van der Waals surface area contributed by atoms with Crippen LogP contribution in [0.3, 0.4) is 0 Å². The van der Waals surface area contributed by atoms with Crippen LogP contribution in [0.2, 0.25) is 10.0 Å². The van der Waals surface area contributed by atoms with Gasteiger partial charge in [-0.15, -0.1) is 0 Å². The first-order valence-electron chi connectivity index (χ1n) is 6.67. The topological polar surface area (TPSA) is 75.4 Å². The van der Waals surface area contributed by atoms with Crippen molar-refractivity contribution in [1.29, 1.82) is 0 Å². The molecule has 0 spiro atoms. The van der Waals surface area contributed by atoms with Gasteiger partial charge in [0.2, 0.25) is 0 Å². The highest BCUT2D eigenvalue weighted by atomic mass is 35.5. The summed E-state index contributed by atoms with van der Waals surface area (Å²) in [5, 5.41) is 0.189. The van der Waals surface area contributed by atoms with E-state index in [1.165, 1.54) is 12.1 Å². The summed E-state index contributed by atoms with van der Waals surface area (Å²) in [6.45, 7) is 1.91. The molecule has 0 aliphatic heterocycles. The number of benzene rings is 2. The molecule has 2 aromatic rings. The van der Waals surface area contributed by atoms with Gasteiger partial charge in [0.05, 0.1) is 20.6 Å². The van der Waals surface area contributed by atoms with Crippen LogP contribution in [0.4, 0.5) is 17.1 Å². The van der Waals surface area contributed by atoms with Crippen LogP contribution < -0.4 is 15.4 Å². The van der Waals surface area contributed by atoms with Crippen molar-refractivity contribution < 1.29 is 8.42 Å². The molecule has 0 heterocycles. The Labute approximate surface area is 146 Å². The predicted molar refractivity (Wildman–Crippen MR) is 97.2 cm³/mol. The second-order valence-corrected chi connectivity index (χ2v) is 7.80. The van der Waals surface area contributed by atoms with Crippen molar-refractivity contribution in [1.82, 2.24) is 0 Å². The van der Waals surface area contributed by atoms with E-state index in [2.05, 4.69) is 4.72 Å². The minimum absolute atomic E-state index is 0.0453. The summed E-state index contributed by atoms with van der Waals surface area (Å²) < 4.78 is 27.4. The predicted octanol–water partition coefficient (Wildman–Crippen LogP) is 3.75. The van der Waals surface area contributed by atoms with Crippen molar-refractivity contribution in [2.75, 3.05) is 29.5 Å².